The van der Waals surface area contributed by atoms with Crippen LogP contribution in [0.3, 0.4) is 0 Å². The van der Waals surface area contributed by atoms with Gasteiger partial charge in [0.25, 0.3) is 0 Å². The van der Waals surface area contributed by atoms with Crippen molar-refractivity contribution < 1.29 is 14.2 Å². The Morgan fingerprint density at radius 2 is 1.62 bits per heavy atom. The molecule has 1 aromatic carbocycles. The fourth-order valence-corrected chi connectivity index (χ4v) is 1.75. The lowest BCUT2D eigenvalue weighted by atomic mass is 10.1. The van der Waals surface area contributed by atoms with E-state index >= 15 is 0 Å². The Bertz CT molecular complexity index is 388. The average molecular weight is 295 g/mol. The molecule has 1 aromatic rings. The van der Waals surface area contributed by atoms with Crippen LogP contribution in [0.1, 0.15) is 31.9 Å². The highest BCUT2D eigenvalue weighted by atomic mass is 16.5. The molecule has 0 radical (unpaired) electrons. The van der Waals surface area contributed by atoms with Gasteiger partial charge in [0.1, 0.15) is 0 Å². The van der Waals surface area contributed by atoms with Crippen LogP contribution in [0, 0.1) is 0 Å². The monoisotopic (exact) mass is 295 g/mol. The number of nitrogens with one attached hydrogen (secondary N) is 1. The summed E-state index contributed by atoms with van der Waals surface area (Å²) in [6, 6.07) is 8.49. The predicted octanol–water partition coefficient (Wildman–Crippen LogP) is 2.75. The first-order chi connectivity index (χ1) is 10.0. The van der Waals surface area contributed by atoms with Crippen LogP contribution in [0.15, 0.2) is 24.3 Å². The lowest BCUT2D eigenvalue weighted by Gasteiger charge is -2.20. The van der Waals surface area contributed by atoms with E-state index in [4.69, 9.17) is 14.2 Å². The predicted molar refractivity (Wildman–Crippen MR) is 85.4 cm³/mol. The van der Waals surface area contributed by atoms with Gasteiger partial charge in [-0.2, -0.15) is 0 Å². The molecule has 0 amide bonds. The smallest absolute Gasteiger partial charge is 0.0718 e. The minimum Gasteiger partial charge on any atom is -0.382 e. The molecule has 120 valence electrons. The number of hydrogen-bond donors (Lipinski definition) is 1. The van der Waals surface area contributed by atoms with Crippen LogP contribution in [0.25, 0.3) is 0 Å². The van der Waals surface area contributed by atoms with Crippen molar-refractivity contribution in [2.75, 3.05) is 33.5 Å². The molecule has 1 rings (SSSR count). The SMILES string of the molecule is COCCOCCOCc1cccc(CNC(C)(C)C)c1. The maximum Gasteiger partial charge on any atom is 0.0718 e. The number of rotatable bonds is 10. The van der Waals surface area contributed by atoms with Crippen molar-refractivity contribution in [2.45, 2.75) is 39.5 Å². The highest BCUT2D eigenvalue weighted by molar-refractivity contribution is 5.23. The van der Waals surface area contributed by atoms with E-state index in [1.165, 1.54) is 11.1 Å². The molecule has 0 bridgehead atoms. The van der Waals surface area contributed by atoms with Crippen LogP contribution in [0.4, 0.5) is 0 Å². The second-order valence-electron chi connectivity index (χ2n) is 6.08. The average Bonchev–Trinajstić information content (AvgIpc) is 2.44. The van der Waals surface area contributed by atoms with E-state index in [2.05, 4.69) is 50.4 Å². The maximum atomic E-state index is 5.61. The quantitative estimate of drug-likeness (QED) is 0.674. The molecular formula is C17H29NO3. The van der Waals surface area contributed by atoms with Gasteiger partial charge in [0.05, 0.1) is 33.0 Å². The van der Waals surface area contributed by atoms with Crippen LogP contribution >= 0.6 is 0 Å². The zero-order valence-corrected chi connectivity index (χ0v) is 13.8. The molecule has 1 N–H and O–H groups in total. The summed E-state index contributed by atoms with van der Waals surface area (Å²) in [6.45, 7) is 10.5. The van der Waals surface area contributed by atoms with Gasteiger partial charge < -0.3 is 19.5 Å². The zero-order valence-electron chi connectivity index (χ0n) is 13.8. The van der Waals surface area contributed by atoms with Gasteiger partial charge in [0.15, 0.2) is 0 Å². The van der Waals surface area contributed by atoms with E-state index in [1.54, 1.807) is 7.11 Å². The van der Waals surface area contributed by atoms with Crippen molar-refractivity contribution in [3.63, 3.8) is 0 Å². The Kier molecular flexibility index (Phi) is 8.54. The highest BCUT2D eigenvalue weighted by Gasteiger charge is 2.08. The highest BCUT2D eigenvalue weighted by Crippen LogP contribution is 2.08. The number of methoxy groups -OCH3 is 1. The third kappa shape index (κ3) is 9.58. The minimum atomic E-state index is 0.131. The summed E-state index contributed by atoms with van der Waals surface area (Å²) in [7, 11) is 1.67. The van der Waals surface area contributed by atoms with Gasteiger partial charge in [-0.25, -0.2) is 0 Å². The number of hydrogen-bond acceptors (Lipinski definition) is 4. The summed E-state index contributed by atoms with van der Waals surface area (Å²) in [5.41, 5.74) is 2.61. The van der Waals surface area contributed by atoms with Crippen molar-refractivity contribution in [3.8, 4) is 0 Å². The summed E-state index contributed by atoms with van der Waals surface area (Å²) < 4.78 is 15.9. The topological polar surface area (TPSA) is 39.7 Å². The first-order valence-electron chi connectivity index (χ1n) is 7.48. The van der Waals surface area contributed by atoms with Crippen molar-refractivity contribution in [1.82, 2.24) is 5.32 Å². The van der Waals surface area contributed by atoms with Gasteiger partial charge in [-0.15, -0.1) is 0 Å². The molecule has 0 aliphatic carbocycles. The molecular weight excluding hydrogens is 266 g/mol. The van der Waals surface area contributed by atoms with Gasteiger partial charge in [-0.1, -0.05) is 24.3 Å². The van der Waals surface area contributed by atoms with Gasteiger partial charge >= 0.3 is 0 Å². The molecule has 0 aliphatic heterocycles. The van der Waals surface area contributed by atoms with Crippen molar-refractivity contribution in [1.29, 1.82) is 0 Å². The molecule has 0 spiro atoms. The van der Waals surface area contributed by atoms with E-state index < -0.39 is 0 Å². The minimum absolute atomic E-state index is 0.131. The van der Waals surface area contributed by atoms with Crippen LogP contribution in [-0.4, -0.2) is 39.1 Å². The van der Waals surface area contributed by atoms with Gasteiger partial charge in [-0.05, 0) is 31.9 Å². The molecule has 21 heavy (non-hydrogen) atoms. The largest absolute Gasteiger partial charge is 0.382 e. The second-order valence-corrected chi connectivity index (χ2v) is 6.08. The Hall–Kier alpha value is -0.940. The van der Waals surface area contributed by atoms with Gasteiger partial charge in [0.2, 0.25) is 0 Å². The molecule has 0 fully saturated rings. The second kappa shape index (κ2) is 9.90. The van der Waals surface area contributed by atoms with E-state index in [0.29, 0.717) is 33.0 Å². The van der Waals surface area contributed by atoms with Crippen LogP contribution in [-0.2, 0) is 27.4 Å². The number of benzene rings is 1. The first kappa shape index (κ1) is 18.1. The lowest BCUT2D eigenvalue weighted by Crippen LogP contribution is -2.35. The lowest BCUT2D eigenvalue weighted by molar-refractivity contribution is 0.0199. The van der Waals surface area contributed by atoms with E-state index in [1.807, 2.05) is 0 Å². The number of ether oxygens (including phenoxy) is 3. The molecule has 0 aromatic heterocycles. The molecule has 0 atom stereocenters. The maximum absolute atomic E-state index is 5.61. The fourth-order valence-electron chi connectivity index (χ4n) is 1.75. The molecule has 0 heterocycles. The van der Waals surface area contributed by atoms with Crippen molar-refractivity contribution >= 4 is 0 Å². The summed E-state index contributed by atoms with van der Waals surface area (Å²) >= 11 is 0. The Morgan fingerprint density at radius 3 is 2.33 bits per heavy atom. The first-order valence-corrected chi connectivity index (χ1v) is 7.48. The van der Waals surface area contributed by atoms with E-state index in [-0.39, 0.29) is 5.54 Å². The van der Waals surface area contributed by atoms with Gasteiger partial charge in [0, 0.05) is 19.2 Å². The molecule has 0 unspecified atom stereocenters. The summed E-state index contributed by atoms with van der Waals surface area (Å²) in [4.78, 5) is 0. The van der Waals surface area contributed by atoms with Crippen LogP contribution < -0.4 is 5.32 Å². The molecule has 4 nitrogen and oxygen atoms in total. The fraction of sp³-hybridized carbons (Fsp3) is 0.647. The molecule has 4 heteroatoms. The summed E-state index contributed by atoms with van der Waals surface area (Å²) in [5.74, 6) is 0. The van der Waals surface area contributed by atoms with E-state index in [0.717, 1.165) is 6.54 Å². The van der Waals surface area contributed by atoms with Crippen molar-refractivity contribution in [3.05, 3.63) is 35.4 Å². The molecule has 0 saturated heterocycles. The summed E-state index contributed by atoms with van der Waals surface area (Å²) in [5, 5.41) is 3.49. The Morgan fingerprint density at radius 1 is 0.952 bits per heavy atom. The Balaban J connectivity index is 2.23. The standard InChI is InChI=1S/C17H29NO3/c1-17(2,3)18-13-15-6-5-7-16(12-15)14-21-11-10-20-9-8-19-4/h5-7,12,18H,8-11,13-14H2,1-4H3. The summed E-state index contributed by atoms with van der Waals surface area (Å²) in [6.07, 6.45) is 0. The third-order valence-corrected chi connectivity index (χ3v) is 2.89. The normalized spacial score (nSPS) is 11.8. The Labute approximate surface area is 128 Å². The van der Waals surface area contributed by atoms with Crippen LogP contribution in [0.5, 0.6) is 0 Å². The van der Waals surface area contributed by atoms with E-state index in [9.17, 15) is 0 Å². The third-order valence-electron chi connectivity index (χ3n) is 2.89. The molecule has 0 aliphatic rings. The van der Waals surface area contributed by atoms with Crippen LogP contribution in [0.2, 0.25) is 0 Å². The van der Waals surface area contributed by atoms with Gasteiger partial charge in [-0.3, -0.25) is 0 Å². The molecule has 0 saturated carbocycles. The zero-order chi connectivity index (χ0) is 15.6. The van der Waals surface area contributed by atoms with Crippen molar-refractivity contribution in [2.24, 2.45) is 0 Å².